The number of hydrogen-bond acceptors (Lipinski definition) is 3. The number of rotatable bonds is 5. The Morgan fingerprint density at radius 3 is 2.62 bits per heavy atom. The first-order valence-corrected chi connectivity index (χ1v) is 8.67. The standard InChI is InChI=1S/C22H23N3O/c1-15-11-12-16(2)20(13-15)17(3)24-25-22(26)14-23-21-10-6-8-18-7-4-5-9-19(18)21/h4-13,23H,14H2,1-3H3,(H,25,26)/b24-17-. The molecule has 0 saturated carbocycles. The van der Waals surface area contributed by atoms with Gasteiger partial charge in [-0.3, -0.25) is 4.79 Å². The van der Waals surface area contributed by atoms with E-state index in [1.54, 1.807) is 0 Å². The normalized spacial score (nSPS) is 11.4. The zero-order valence-electron chi connectivity index (χ0n) is 15.3. The van der Waals surface area contributed by atoms with Crippen LogP contribution in [0.25, 0.3) is 10.8 Å². The van der Waals surface area contributed by atoms with E-state index in [1.807, 2.05) is 51.1 Å². The van der Waals surface area contributed by atoms with E-state index in [1.165, 1.54) is 5.56 Å². The second-order valence-corrected chi connectivity index (χ2v) is 6.43. The van der Waals surface area contributed by atoms with Gasteiger partial charge in [-0.05, 0) is 43.9 Å². The molecule has 3 aromatic rings. The van der Waals surface area contributed by atoms with E-state index in [-0.39, 0.29) is 12.5 Å². The van der Waals surface area contributed by atoms with Crippen LogP contribution in [0.5, 0.6) is 0 Å². The predicted octanol–water partition coefficient (Wildman–Crippen LogP) is 4.41. The highest BCUT2D eigenvalue weighted by Gasteiger charge is 2.06. The van der Waals surface area contributed by atoms with Gasteiger partial charge in [0.1, 0.15) is 0 Å². The largest absolute Gasteiger partial charge is 0.376 e. The Hall–Kier alpha value is -3.14. The fourth-order valence-corrected chi connectivity index (χ4v) is 2.93. The van der Waals surface area contributed by atoms with Gasteiger partial charge in [0, 0.05) is 16.6 Å². The SMILES string of the molecule is C/C(=N/NC(=O)CNc1cccc2ccccc12)c1cc(C)ccc1C. The summed E-state index contributed by atoms with van der Waals surface area (Å²) in [5.41, 5.74) is 7.72. The molecule has 0 radical (unpaired) electrons. The Balaban J connectivity index is 1.64. The van der Waals surface area contributed by atoms with Crippen molar-refractivity contribution in [2.45, 2.75) is 20.8 Å². The summed E-state index contributed by atoms with van der Waals surface area (Å²) in [7, 11) is 0. The summed E-state index contributed by atoms with van der Waals surface area (Å²) in [6, 6.07) is 20.3. The third-order valence-corrected chi connectivity index (χ3v) is 4.36. The Kier molecular flexibility index (Phi) is 5.32. The van der Waals surface area contributed by atoms with Gasteiger partial charge >= 0.3 is 0 Å². The highest BCUT2D eigenvalue weighted by atomic mass is 16.2. The van der Waals surface area contributed by atoms with Crippen molar-refractivity contribution in [2.75, 3.05) is 11.9 Å². The minimum absolute atomic E-state index is 0.164. The molecule has 3 rings (SSSR count). The molecule has 0 saturated heterocycles. The number of hydrazone groups is 1. The number of fused-ring (bicyclic) bond motifs is 1. The maximum Gasteiger partial charge on any atom is 0.259 e. The van der Waals surface area contributed by atoms with E-state index in [2.05, 4.69) is 46.2 Å². The van der Waals surface area contributed by atoms with E-state index in [0.717, 1.165) is 33.3 Å². The first kappa shape index (κ1) is 17.7. The number of amides is 1. The van der Waals surface area contributed by atoms with Gasteiger partial charge < -0.3 is 5.32 Å². The van der Waals surface area contributed by atoms with Crippen molar-refractivity contribution in [3.05, 3.63) is 77.4 Å². The lowest BCUT2D eigenvalue weighted by Gasteiger charge is -2.10. The molecule has 4 nitrogen and oxygen atoms in total. The third-order valence-electron chi connectivity index (χ3n) is 4.36. The molecule has 0 aliphatic heterocycles. The summed E-state index contributed by atoms with van der Waals surface area (Å²) in [6.07, 6.45) is 0. The van der Waals surface area contributed by atoms with Crippen LogP contribution in [0.15, 0.2) is 65.8 Å². The molecule has 0 spiro atoms. The van der Waals surface area contributed by atoms with Crippen LogP contribution in [-0.2, 0) is 4.79 Å². The van der Waals surface area contributed by atoms with Crippen molar-refractivity contribution in [2.24, 2.45) is 5.10 Å². The van der Waals surface area contributed by atoms with Gasteiger partial charge in [0.25, 0.3) is 5.91 Å². The fourth-order valence-electron chi connectivity index (χ4n) is 2.93. The molecule has 0 bridgehead atoms. The smallest absolute Gasteiger partial charge is 0.259 e. The Labute approximate surface area is 153 Å². The minimum atomic E-state index is -0.178. The van der Waals surface area contributed by atoms with E-state index >= 15 is 0 Å². The molecule has 0 atom stereocenters. The first-order valence-electron chi connectivity index (χ1n) is 8.67. The van der Waals surface area contributed by atoms with Crippen LogP contribution in [-0.4, -0.2) is 18.2 Å². The van der Waals surface area contributed by atoms with Crippen LogP contribution in [0.4, 0.5) is 5.69 Å². The molecule has 26 heavy (non-hydrogen) atoms. The molecule has 2 N–H and O–H groups in total. The van der Waals surface area contributed by atoms with Crippen LogP contribution in [0.3, 0.4) is 0 Å². The summed E-state index contributed by atoms with van der Waals surface area (Å²) in [6.45, 7) is 6.15. The summed E-state index contributed by atoms with van der Waals surface area (Å²) in [5.74, 6) is -0.178. The number of carbonyl (C=O) groups excluding carboxylic acids is 1. The molecule has 0 fully saturated rings. The summed E-state index contributed by atoms with van der Waals surface area (Å²) < 4.78 is 0. The zero-order chi connectivity index (χ0) is 18.5. The molecule has 0 aliphatic carbocycles. The summed E-state index contributed by atoms with van der Waals surface area (Å²) in [5, 5.41) is 9.67. The molecular weight excluding hydrogens is 322 g/mol. The van der Waals surface area contributed by atoms with Crippen LogP contribution < -0.4 is 10.7 Å². The zero-order valence-corrected chi connectivity index (χ0v) is 15.3. The van der Waals surface area contributed by atoms with Crippen molar-refractivity contribution in [1.29, 1.82) is 0 Å². The Bertz CT molecular complexity index is 971. The second-order valence-electron chi connectivity index (χ2n) is 6.43. The van der Waals surface area contributed by atoms with Crippen LogP contribution in [0.1, 0.15) is 23.6 Å². The van der Waals surface area contributed by atoms with Gasteiger partial charge in [0.2, 0.25) is 0 Å². The second kappa shape index (κ2) is 7.83. The number of aryl methyl sites for hydroxylation is 2. The average molecular weight is 345 g/mol. The number of benzene rings is 3. The summed E-state index contributed by atoms with van der Waals surface area (Å²) >= 11 is 0. The van der Waals surface area contributed by atoms with E-state index < -0.39 is 0 Å². The van der Waals surface area contributed by atoms with Gasteiger partial charge in [0.05, 0.1) is 12.3 Å². The molecule has 132 valence electrons. The van der Waals surface area contributed by atoms with Crippen molar-refractivity contribution in [3.63, 3.8) is 0 Å². The molecule has 4 heteroatoms. The maximum atomic E-state index is 12.2. The van der Waals surface area contributed by atoms with Crippen molar-refractivity contribution < 1.29 is 4.79 Å². The minimum Gasteiger partial charge on any atom is -0.376 e. The number of nitrogens with one attached hydrogen (secondary N) is 2. The predicted molar refractivity (Wildman–Crippen MR) is 109 cm³/mol. The number of carbonyl (C=O) groups is 1. The van der Waals surface area contributed by atoms with Crippen molar-refractivity contribution >= 4 is 28.1 Å². The van der Waals surface area contributed by atoms with E-state index in [0.29, 0.717) is 0 Å². The quantitative estimate of drug-likeness (QED) is 0.532. The molecule has 3 aromatic carbocycles. The molecule has 0 aliphatic rings. The average Bonchev–Trinajstić information content (AvgIpc) is 2.66. The molecular formula is C22H23N3O. The Morgan fingerprint density at radius 2 is 1.77 bits per heavy atom. The fraction of sp³-hybridized carbons (Fsp3) is 0.182. The first-order chi connectivity index (χ1) is 12.5. The monoisotopic (exact) mass is 345 g/mol. The third kappa shape index (κ3) is 4.09. The van der Waals surface area contributed by atoms with Gasteiger partial charge in [-0.15, -0.1) is 0 Å². The molecule has 0 heterocycles. The molecule has 0 unspecified atom stereocenters. The van der Waals surface area contributed by atoms with Crippen LogP contribution in [0, 0.1) is 13.8 Å². The van der Waals surface area contributed by atoms with Crippen molar-refractivity contribution in [1.82, 2.24) is 5.43 Å². The van der Waals surface area contributed by atoms with Gasteiger partial charge in [-0.25, -0.2) is 5.43 Å². The maximum absolute atomic E-state index is 12.2. The summed E-state index contributed by atoms with van der Waals surface area (Å²) in [4.78, 5) is 12.2. The highest BCUT2D eigenvalue weighted by Crippen LogP contribution is 2.22. The lowest BCUT2D eigenvalue weighted by molar-refractivity contribution is -0.119. The Morgan fingerprint density at radius 1 is 1.00 bits per heavy atom. The lowest BCUT2D eigenvalue weighted by atomic mass is 10.0. The van der Waals surface area contributed by atoms with E-state index in [4.69, 9.17) is 0 Å². The topological polar surface area (TPSA) is 53.5 Å². The highest BCUT2D eigenvalue weighted by molar-refractivity contribution is 6.01. The molecule has 0 aromatic heterocycles. The van der Waals surface area contributed by atoms with E-state index in [9.17, 15) is 4.79 Å². The lowest BCUT2D eigenvalue weighted by Crippen LogP contribution is -2.27. The van der Waals surface area contributed by atoms with Gasteiger partial charge in [-0.2, -0.15) is 5.10 Å². The van der Waals surface area contributed by atoms with Crippen LogP contribution in [0.2, 0.25) is 0 Å². The van der Waals surface area contributed by atoms with Crippen LogP contribution >= 0.6 is 0 Å². The number of anilines is 1. The van der Waals surface area contributed by atoms with Gasteiger partial charge in [-0.1, -0.05) is 54.1 Å². The molecule has 1 amide bonds. The number of hydrogen-bond donors (Lipinski definition) is 2. The van der Waals surface area contributed by atoms with Gasteiger partial charge in [0.15, 0.2) is 0 Å². The number of nitrogens with zero attached hydrogens (tertiary/aromatic N) is 1. The van der Waals surface area contributed by atoms with Crippen molar-refractivity contribution in [3.8, 4) is 0 Å².